The highest BCUT2D eigenvalue weighted by atomic mass is 35.5. The number of carbonyl (C=O) groups excluding carboxylic acids is 1. The van der Waals surface area contributed by atoms with E-state index in [2.05, 4.69) is 28.7 Å². The van der Waals surface area contributed by atoms with Crippen LogP contribution < -0.4 is 10.6 Å². The van der Waals surface area contributed by atoms with Crippen LogP contribution in [-0.2, 0) is 4.79 Å². The number of nitrogen functional groups attached to an aromatic ring is 1. The highest BCUT2D eigenvalue weighted by Crippen LogP contribution is 2.30. The largest absolute Gasteiger partial charge is 0.368 e. The number of pyridine rings is 1. The summed E-state index contributed by atoms with van der Waals surface area (Å²) in [5.74, 6) is 0.521. The molecule has 37 heavy (non-hydrogen) atoms. The Balaban J connectivity index is 1.38. The third kappa shape index (κ3) is 5.20. The number of nitrogens with two attached hydrogens (primary N) is 1. The van der Waals surface area contributed by atoms with Crippen LogP contribution in [0.25, 0.3) is 22.3 Å². The van der Waals surface area contributed by atoms with Crippen LogP contribution in [0.1, 0.15) is 25.3 Å². The highest BCUT2D eigenvalue weighted by molar-refractivity contribution is 6.30. The molecule has 0 saturated carbocycles. The summed E-state index contributed by atoms with van der Waals surface area (Å²) in [7, 11) is 0. The van der Waals surface area contributed by atoms with E-state index in [1.807, 2.05) is 41.3 Å². The Morgan fingerprint density at radius 3 is 2.24 bits per heavy atom. The smallest absolute Gasteiger partial charge is 0.230 e. The number of nitrogens with zero attached hydrogens (tertiary/aromatic N) is 5. The van der Waals surface area contributed by atoms with Gasteiger partial charge >= 0.3 is 0 Å². The number of hydrogen-bond acceptors (Lipinski definition) is 6. The second-order valence-corrected chi connectivity index (χ2v) is 10.00. The topological polar surface area (TPSA) is 88.2 Å². The number of anilines is 2. The van der Waals surface area contributed by atoms with E-state index in [0.29, 0.717) is 53.7 Å². The van der Waals surface area contributed by atoms with E-state index in [1.165, 1.54) is 12.1 Å². The fraction of sp³-hybridized carbons (Fsp3) is 0.286. The number of rotatable bonds is 5. The number of fused-ring (bicyclic) bond motifs is 1. The van der Waals surface area contributed by atoms with Crippen LogP contribution in [0.5, 0.6) is 0 Å². The Bertz CT molecular complexity index is 1420. The zero-order valence-electron chi connectivity index (χ0n) is 20.7. The summed E-state index contributed by atoms with van der Waals surface area (Å²) in [6.45, 7) is 6.41. The van der Waals surface area contributed by atoms with Crippen molar-refractivity contribution >= 4 is 40.3 Å². The van der Waals surface area contributed by atoms with Gasteiger partial charge in [-0.05, 0) is 60.0 Å². The summed E-state index contributed by atoms with van der Waals surface area (Å²) < 4.78 is 13.4. The van der Waals surface area contributed by atoms with Crippen LogP contribution in [0.15, 0.2) is 60.7 Å². The fourth-order valence-electron chi connectivity index (χ4n) is 4.84. The minimum atomic E-state index is -0.301. The molecule has 1 aliphatic rings. The van der Waals surface area contributed by atoms with Crippen molar-refractivity contribution < 1.29 is 9.18 Å². The molecule has 1 fully saturated rings. The molecular formula is C28H28ClFN6O. The Labute approximate surface area is 220 Å². The molecule has 2 N–H and O–H groups in total. The zero-order chi connectivity index (χ0) is 26.1. The van der Waals surface area contributed by atoms with Gasteiger partial charge in [-0.3, -0.25) is 4.79 Å². The molecule has 3 heterocycles. The Morgan fingerprint density at radius 2 is 1.59 bits per heavy atom. The first-order chi connectivity index (χ1) is 17.8. The molecular weight excluding hydrogens is 491 g/mol. The predicted octanol–water partition coefficient (Wildman–Crippen LogP) is 5.15. The van der Waals surface area contributed by atoms with Crippen molar-refractivity contribution in [1.29, 1.82) is 0 Å². The molecule has 1 aliphatic heterocycles. The van der Waals surface area contributed by atoms with E-state index < -0.39 is 0 Å². The minimum Gasteiger partial charge on any atom is -0.368 e. The van der Waals surface area contributed by atoms with Gasteiger partial charge in [-0.15, -0.1) is 0 Å². The van der Waals surface area contributed by atoms with Gasteiger partial charge in [0.15, 0.2) is 5.82 Å². The average molecular weight is 519 g/mol. The van der Waals surface area contributed by atoms with E-state index in [9.17, 15) is 9.18 Å². The molecule has 1 saturated heterocycles. The van der Waals surface area contributed by atoms with Crippen LogP contribution in [0.2, 0.25) is 5.02 Å². The van der Waals surface area contributed by atoms with Crippen LogP contribution in [0.3, 0.4) is 0 Å². The normalized spacial score (nSPS) is 14.8. The van der Waals surface area contributed by atoms with Gasteiger partial charge in [0.05, 0.1) is 17.1 Å². The van der Waals surface area contributed by atoms with Crippen LogP contribution in [0.4, 0.5) is 16.2 Å². The van der Waals surface area contributed by atoms with E-state index in [-0.39, 0.29) is 29.5 Å². The fourth-order valence-corrected chi connectivity index (χ4v) is 4.96. The summed E-state index contributed by atoms with van der Waals surface area (Å²) >= 11 is 6.06. The second-order valence-electron chi connectivity index (χ2n) is 9.56. The van der Waals surface area contributed by atoms with E-state index in [0.717, 1.165) is 11.1 Å². The molecule has 0 bridgehead atoms. The molecule has 1 unspecified atom stereocenters. The van der Waals surface area contributed by atoms with Gasteiger partial charge in [-0.25, -0.2) is 14.4 Å². The zero-order valence-corrected chi connectivity index (χ0v) is 21.5. The van der Waals surface area contributed by atoms with Crippen molar-refractivity contribution in [2.45, 2.75) is 19.8 Å². The number of amides is 1. The first kappa shape index (κ1) is 24.9. The maximum atomic E-state index is 13.6. The molecule has 1 atom stereocenters. The minimum absolute atomic E-state index is 0.112. The molecule has 5 rings (SSSR count). The molecule has 2 aromatic heterocycles. The van der Waals surface area contributed by atoms with Gasteiger partial charge in [0.1, 0.15) is 11.3 Å². The molecule has 9 heteroatoms. The van der Waals surface area contributed by atoms with Crippen molar-refractivity contribution in [1.82, 2.24) is 19.9 Å². The van der Waals surface area contributed by atoms with Crippen molar-refractivity contribution in [3.8, 4) is 11.3 Å². The maximum Gasteiger partial charge on any atom is 0.230 e. The van der Waals surface area contributed by atoms with Crippen molar-refractivity contribution in [2.24, 2.45) is 5.92 Å². The Hall–Kier alpha value is -3.78. The summed E-state index contributed by atoms with van der Waals surface area (Å²) in [6.07, 6.45) is 0. The quantitative estimate of drug-likeness (QED) is 0.393. The van der Waals surface area contributed by atoms with Gasteiger partial charge < -0.3 is 15.5 Å². The number of carbonyl (C=O) groups is 1. The molecule has 4 aromatic rings. The lowest BCUT2D eigenvalue weighted by Gasteiger charge is -2.38. The summed E-state index contributed by atoms with van der Waals surface area (Å²) in [5.41, 5.74) is 9.74. The highest BCUT2D eigenvalue weighted by Gasteiger charge is 2.31. The molecule has 1 amide bonds. The van der Waals surface area contributed by atoms with Gasteiger partial charge in [0.2, 0.25) is 11.9 Å². The monoisotopic (exact) mass is 518 g/mol. The van der Waals surface area contributed by atoms with E-state index in [4.69, 9.17) is 22.3 Å². The van der Waals surface area contributed by atoms with Gasteiger partial charge in [0.25, 0.3) is 0 Å². The third-order valence-electron chi connectivity index (χ3n) is 6.73. The van der Waals surface area contributed by atoms with Crippen molar-refractivity contribution in [3.63, 3.8) is 0 Å². The van der Waals surface area contributed by atoms with Crippen LogP contribution in [-0.4, -0.2) is 51.9 Å². The number of aromatic nitrogens is 3. The lowest BCUT2D eigenvalue weighted by atomic mass is 9.87. The van der Waals surface area contributed by atoms with E-state index >= 15 is 0 Å². The summed E-state index contributed by atoms with van der Waals surface area (Å²) in [6, 6.07) is 17.4. The first-order valence-electron chi connectivity index (χ1n) is 12.3. The van der Waals surface area contributed by atoms with E-state index in [1.54, 1.807) is 12.1 Å². The van der Waals surface area contributed by atoms with Gasteiger partial charge in [-0.2, -0.15) is 4.98 Å². The Kier molecular flexibility index (Phi) is 6.93. The number of piperazine rings is 1. The number of hydrogen-bond donors (Lipinski definition) is 1. The second kappa shape index (κ2) is 10.3. The van der Waals surface area contributed by atoms with Crippen molar-refractivity contribution in [3.05, 3.63) is 77.1 Å². The lowest BCUT2D eigenvalue weighted by molar-refractivity contribution is -0.134. The summed E-state index contributed by atoms with van der Waals surface area (Å²) in [4.78, 5) is 31.2. The summed E-state index contributed by atoms with van der Waals surface area (Å²) in [5, 5.41) is 0.653. The first-order valence-corrected chi connectivity index (χ1v) is 12.7. The standard InChI is InChI=1S/C28H28ClFN6O/c1-17(2)24(19-3-7-20(29)8-4-19)27(37)36-15-13-35(14-16-36)26-25-23(33-28(31)34-26)12-11-22(32-25)18-5-9-21(30)10-6-18/h3-12,17,24H,13-16H2,1-2H3,(H2,31,33,34). The lowest BCUT2D eigenvalue weighted by Crippen LogP contribution is -2.50. The predicted molar refractivity (Wildman–Crippen MR) is 145 cm³/mol. The molecule has 7 nitrogen and oxygen atoms in total. The maximum absolute atomic E-state index is 13.6. The third-order valence-corrected chi connectivity index (χ3v) is 6.99. The SMILES string of the molecule is CC(C)C(C(=O)N1CCN(c2nc(N)nc3ccc(-c4ccc(F)cc4)nc23)CC1)c1ccc(Cl)cc1. The number of halogens is 2. The number of benzene rings is 2. The molecule has 190 valence electrons. The Morgan fingerprint density at radius 1 is 0.919 bits per heavy atom. The average Bonchev–Trinajstić information content (AvgIpc) is 2.89. The van der Waals surface area contributed by atoms with Crippen LogP contribution in [0, 0.1) is 11.7 Å². The van der Waals surface area contributed by atoms with Gasteiger partial charge in [-0.1, -0.05) is 37.6 Å². The van der Waals surface area contributed by atoms with Gasteiger partial charge in [0, 0.05) is 36.8 Å². The molecule has 0 aliphatic carbocycles. The molecule has 0 spiro atoms. The molecule has 0 radical (unpaired) electrons. The van der Waals surface area contributed by atoms with Crippen LogP contribution >= 0.6 is 11.6 Å². The van der Waals surface area contributed by atoms with Crippen molar-refractivity contribution in [2.75, 3.05) is 36.8 Å². The molecule has 2 aromatic carbocycles.